The van der Waals surface area contributed by atoms with E-state index in [9.17, 15) is 14.4 Å². The molecule has 2 N–H and O–H groups in total. The molecular formula is C20H33NO5. The van der Waals surface area contributed by atoms with Crippen molar-refractivity contribution in [2.75, 3.05) is 0 Å². The molecular weight excluding hydrogens is 334 g/mol. The lowest BCUT2D eigenvalue weighted by Gasteiger charge is -2.16. The van der Waals surface area contributed by atoms with E-state index in [4.69, 9.17) is 9.84 Å². The van der Waals surface area contributed by atoms with E-state index in [0.717, 1.165) is 57.7 Å². The van der Waals surface area contributed by atoms with Crippen molar-refractivity contribution < 1.29 is 24.2 Å². The van der Waals surface area contributed by atoms with Crippen molar-refractivity contribution in [1.82, 2.24) is 5.32 Å². The molecule has 1 amide bonds. The van der Waals surface area contributed by atoms with Gasteiger partial charge in [0.2, 0.25) is 0 Å². The van der Waals surface area contributed by atoms with Crippen LogP contribution in [0.1, 0.15) is 71.6 Å². The van der Waals surface area contributed by atoms with Crippen molar-refractivity contribution in [3.63, 3.8) is 0 Å². The zero-order chi connectivity index (χ0) is 19.4. The summed E-state index contributed by atoms with van der Waals surface area (Å²) in [6, 6.07) is -0.501. The van der Waals surface area contributed by atoms with Gasteiger partial charge in [-0.2, -0.15) is 0 Å². The van der Waals surface area contributed by atoms with Crippen LogP contribution in [0.4, 0.5) is 4.79 Å². The van der Waals surface area contributed by atoms with E-state index in [-0.39, 0.29) is 17.9 Å². The predicted octanol–water partition coefficient (Wildman–Crippen LogP) is 4.09. The number of amides is 1. The fraction of sp³-hybridized carbons (Fsp3) is 0.750. The van der Waals surface area contributed by atoms with E-state index in [1.807, 2.05) is 13.0 Å². The first kappa shape index (κ1) is 22.2. The van der Waals surface area contributed by atoms with Crippen molar-refractivity contribution in [3.05, 3.63) is 12.2 Å². The van der Waals surface area contributed by atoms with Crippen LogP contribution in [0.5, 0.6) is 0 Å². The molecule has 1 rings (SSSR count). The third-order valence-corrected chi connectivity index (χ3v) is 4.67. The highest BCUT2D eigenvalue weighted by Crippen LogP contribution is 2.39. The Morgan fingerprint density at radius 3 is 2.62 bits per heavy atom. The molecule has 6 heteroatoms. The molecule has 1 saturated carbocycles. The fourth-order valence-corrected chi connectivity index (χ4v) is 2.88. The SMILES string of the molecule is CCCCC(C)OC(=O)N[C@H](C=O)CCCCC/C=C\C1CC1C(=O)O. The molecule has 0 radical (unpaired) electrons. The minimum Gasteiger partial charge on any atom is -0.481 e. The number of unbranched alkanes of at least 4 members (excludes halogenated alkanes) is 4. The van der Waals surface area contributed by atoms with Crippen LogP contribution in [0.15, 0.2) is 12.2 Å². The summed E-state index contributed by atoms with van der Waals surface area (Å²) >= 11 is 0. The fourth-order valence-electron chi connectivity index (χ4n) is 2.88. The van der Waals surface area contributed by atoms with E-state index >= 15 is 0 Å². The highest BCUT2D eigenvalue weighted by Gasteiger charge is 2.40. The van der Waals surface area contributed by atoms with Gasteiger partial charge < -0.3 is 20.0 Å². The molecule has 0 aromatic rings. The third-order valence-electron chi connectivity index (χ3n) is 4.67. The lowest BCUT2D eigenvalue weighted by Crippen LogP contribution is -2.37. The minimum atomic E-state index is -0.703. The molecule has 0 spiro atoms. The van der Waals surface area contributed by atoms with E-state index in [1.54, 1.807) is 0 Å². The Labute approximate surface area is 156 Å². The monoisotopic (exact) mass is 367 g/mol. The zero-order valence-electron chi connectivity index (χ0n) is 16.0. The van der Waals surface area contributed by atoms with Crippen LogP contribution >= 0.6 is 0 Å². The number of hydrogen-bond acceptors (Lipinski definition) is 4. The summed E-state index contributed by atoms with van der Waals surface area (Å²) in [4.78, 5) is 33.6. The van der Waals surface area contributed by atoms with Gasteiger partial charge in [-0.1, -0.05) is 44.8 Å². The molecule has 26 heavy (non-hydrogen) atoms. The highest BCUT2D eigenvalue weighted by atomic mass is 16.6. The molecule has 1 aliphatic rings. The molecule has 0 aromatic heterocycles. The number of carboxylic acids is 1. The molecule has 148 valence electrons. The van der Waals surface area contributed by atoms with Crippen LogP contribution in [0.3, 0.4) is 0 Å². The summed E-state index contributed by atoms with van der Waals surface area (Å²) in [7, 11) is 0. The number of carboxylic acid groups (broad SMARTS) is 1. The van der Waals surface area contributed by atoms with Gasteiger partial charge >= 0.3 is 12.1 Å². The van der Waals surface area contributed by atoms with E-state index in [1.165, 1.54) is 0 Å². The van der Waals surface area contributed by atoms with Crippen molar-refractivity contribution in [3.8, 4) is 0 Å². The Balaban J connectivity index is 2.07. The van der Waals surface area contributed by atoms with Crippen LogP contribution in [-0.2, 0) is 14.3 Å². The molecule has 0 aromatic carbocycles. The van der Waals surface area contributed by atoms with Crippen molar-refractivity contribution in [2.45, 2.75) is 83.8 Å². The standard InChI is InChI=1S/C20H33NO5/c1-3-4-10-15(2)26-20(25)21-17(14-22)12-9-7-5-6-8-11-16-13-18(16)19(23)24/h8,11,14-18H,3-7,9-10,12-13H2,1-2H3,(H,21,25)(H,23,24)/b11-8-/t15?,16?,17-,18?/m0/s1. The molecule has 1 fully saturated rings. The highest BCUT2D eigenvalue weighted by molar-refractivity contribution is 5.74. The van der Waals surface area contributed by atoms with Crippen LogP contribution in [0, 0.1) is 11.8 Å². The maximum Gasteiger partial charge on any atom is 0.407 e. The first-order valence-electron chi connectivity index (χ1n) is 9.79. The van der Waals surface area contributed by atoms with Crippen molar-refractivity contribution in [2.24, 2.45) is 11.8 Å². The maximum absolute atomic E-state index is 11.8. The molecule has 3 unspecified atom stereocenters. The van der Waals surface area contributed by atoms with Gasteiger partial charge in [0.15, 0.2) is 0 Å². The van der Waals surface area contributed by atoms with E-state index < -0.39 is 18.1 Å². The number of nitrogens with one attached hydrogen (secondary N) is 1. The first-order valence-corrected chi connectivity index (χ1v) is 9.79. The third kappa shape index (κ3) is 9.59. The van der Waals surface area contributed by atoms with Gasteiger partial charge in [-0.15, -0.1) is 0 Å². The lowest BCUT2D eigenvalue weighted by atomic mass is 10.1. The molecule has 1 aliphatic carbocycles. The summed E-state index contributed by atoms with van der Waals surface area (Å²) in [6.07, 6.45) is 12.1. The van der Waals surface area contributed by atoms with Crippen LogP contribution in [-0.4, -0.2) is 35.6 Å². The Morgan fingerprint density at radius 1 is 1.23 bits per heavy atom. The largest absolute Gasteiger partial charge is 0.481 e. The van der Waals surface area contributed by atoms with Crippen LogP contribution < -0.4 is 5.32 Å². The smallest absolute Gasteiger partial charge is 0.407 e. The molecule has 0 aliphatic heterocycles. The van der Waals surface area contributed by atoms with E-state index in [0.29, 0.717) is 6.42 Å². The van der Waals surface area contributed by atoms with Crippen molar-refractivity contribution >= 4 is 18.3 Å². The number of carbonyl (C=O) groups excluding carboxylic acids is 2. The van der Waals surface area contributed by atoms with Gasteiger partial charge in [0.25, 0.3) is 0 Å². The number of alkyl carbamates (subject to hydrolysis) is 1. The number of allylic oxidation sites excluding steroid dienone is 2. The molecule has 6 nitrogen and oxygen atoms in total. The van der Waals surface area contributed by atoms with Crippen molar-refractivity contribution in [1.29, 1.82) is 0 Å². The van der Waals surface area contributed by atoms with Gasteiger partial charge in [0.05, 0.1) is 12.0 Å². The Hall–Kier alpha value is -1.85. The van der Waals surface area contributed by atoms with Crippen LogP contribution in [0.2, 0.25) is 0 Å². The Bertz CT molecular complexity index is 477. The normalized spacial score (nSPS) is 21.2. The zero-order valence-corrected chi connectivity index (χ0v) is 16.0. The average molecular weight is 367 g/mol. The topological polar surface area (TPSA) is 92.7 Å². The number of ether oxygens (including phenoxy) is 1. The number of hydrogen-bond donors (Lipinski definition) is 2. The number of rotatable bonds is 14. The second-order valence-electron chi connectivity index (χ2n) is 7.16. The first-order chi connectivity index (χ1) is 12.5. The maximum atomic E-state index is 11.8. The minimum absolute atomic E-state index is 0.138. The number of aldehydes is 1. The quantitative estimate of drug-likeness (QED) is 0.274. The van der Waals surface area contributed by atoms with Gasteiger partial charge in [-0.25, -0.2) is 4.79 Å². The second kappa shape index (κ2) is 12.5. The number of aliphatic carboxylic acids is 1. The summed E-state index contributed by atoms with van der Waals surface area (Å²) in [5, 5.41) is 11.4. The van der Waals surface area contributed by atoms with Gasteiger partial charge in [0, 0.05) is 0 Å². The summed E-state index contributed by atoms with van der Waals surface area (Å²) in [5.74, 6) is -0.678. The molecule has 0 bridgehead atoms. The van der Waals surface area contributed by atoms with E-state index in [2.05, 4.69) is 18.3 Å². The summed E-state index contributed by atoms with van der Waals surface area (Å²) in [5.41, 5.74) is 0. The van der Waals surface area contributed by atoms with Crippen LogP contribution in [0.25, 0.3) is 0 Å². The average Bonchev–Trinajstić information content (AvgIpc) is 3.37. The number of carbonyl (C=O) groups is 3. The predicted molar refractivity (Wildman–Crippen MR) is 99.9 cm³/mol. The lowest BCUT2D eigenvalue weighted by molar-refractivity contribution is -0.138. The van der Waals surface area contributed by atoms with Gasteiger partial charge in [0.1, 0.15) is 12.4 Å². The molecule has 4 atom stereocenters. The molecule has 0 saturated heterocycles. The molecule has 0 heterocycles. The van der Waals surface area contributed by atoms with Gasteiger partial charge in [-0.05, 0) is 44.9 Å². The van der Waals surface area contributed by atoms with Gasteiger partial charge in [-0.3, -0.25) is 4.79 Å². The second-order valence-corrected chi connectivity index (χ2v) is 7.16. The Morgan fingerprint density at radius 2 is 2.00 bits per heavy atom. The Kier molecular flexibility index (Phi) is 10.7. The summed E-state index contributed by atoms with van der Waals surface area (Å²) < 4.78 is 5.24. The summed E-state index contributed by atoms with van der Waals surface area (Å²) in [6.45, 7) is 3.95.